The van der Waals surface area contributed by atoms with Crippen molar-refractivity contribution in [2.45, 2.75) is 18.3 Å². The number of benzene rings is 3. The fourth-order valence-electron chi connectivity index (χ4n) is 4.81. The van der Waals surface area contributed by atoms with Crippen molar-refractivity contribution in [1.82, 2.24) is 15.3 Å². The van der Waals surface area contributed by atoms with Gasteiger partial charge in [0.05, 0.1) is 5.41 Å². The number of hydrogen-bond donors (Lipinski definition) is 2. The van der Waals surface area contributed by atoms with Crippen molar-refractivity contribution in [3.63, 3.8) is 0 Å². The highest BCUT2D eigenvalue weighted by atomic mass is 19.1. The third-order valence-electron chi connectivity index (χ3n) is 7.01. The van der Waals surface area contributed by atoms with Crippen LogP contribution in [0.4, 0.5) is 14.6 Å². The van der Waals surface area contributed by atoms with E-state index in [2.05, 4.69) is 15.8 Å². The number of carbonyl (C=O) groups excluding carboxylic acids is 2. The van der Waals surface area contributed by atoms with E-state index in [0.29, 0.717) is 42.9 Å². The fourth-order valence-corrected chi connectivity index (χ4v) is 4.81. The molecule has 0 saturated carbocycles. The molecule has 1 aliphatic heterocycles. The van der Waals surface area contributed by atoms with Gasteiger partial charge >= 0.3 is 0 Å². The van der Waals surface area contributed by atoms with Crippen LogP contribution in [-0.2, 0) is 10.2 Å². The Balaban J connectivity index is 1.30. The molecule has 192 valence electrons. The number of likely N-dealkylation sites (tertiary alicyclic amines) is 1. The first-order chi connectivity index (χ1) is 18.4. The van der Waals surface area contributed by atoms with Gasteiger partial charge in [0.15, 0.2) is 0 Å². The average molecular weight is 513 g/mol. The highest BCUT2D eigenvalue weighted by Crippen LogP contribution is 2.36. The Bertz CT molecular complexity index is 1400. The summed E-state index contributed by atoms with van der Waals surface area (Å²) in [4.78, 5) is 32.7. The molecule has 4 aromatic rings. The molecule has 8 heteroatoms. The topological polar surface area (TPSA) is 74.3 Å². The molecule has 2 heterocycles. The molecule has 2 amide bonds. The Morgan fingerprint density at radius 1 is 0.763 bits per heavy atom. The van der Waals surface area contributed by atoms with Crippen LogP contribution in [0.5, 0.6) is 0 Å². The highest BCUT2D eigenvalue weighted by molar-refractivity contribution is 5.95. The Hall–Kier alpha value is -4.59. The lowest BCUT2D eigenvalue weighted by Crippen LogP contribution is -2.53. The monoisotopic (exact) mass is 512 g/mol. The van der Waals surface area contributed by atoms with E-state index in [-0.39, 0.29) is 23.4 Å². The minimum absolute atomic E-state index is 0.129. The van der Waals surface area contributed by atoms with Crippen LogP contribution in [0.2, 0.25) is 0 Å². The van der Waals surface area contributed by atoms with Crippen molar-refractivity contribution in [1.29, 1.82) is 0 Å². The van der Waals surface area contributed by atoms with Gasteiger partial charge in [0.2, 0.25) is 5.91 Å². The van der Waals surface area contributed by atoms with Crippen molar-refractivity contribution in [2.75, 3.05) is 18.5 Å². The number of halogens is 2. The summed E-state index contributed by atoms with van der Waals surface area (Å²) in [7, 11) is 0. The van der Waals surface area contributed by atoms with Crippen molar-refractivity contribution < 1.29 is 18.4 Å². The molecule has 0 unspecified atom stereocenters. The Morgan fingerprint density at radius 2 is 1.34 bits per heavy atom. The maximum Gasteiger partial charge on any atom is 0.253 e. The number of nitrogens with zero attached hydrogens (tertiary/aromatic N) is 2. The van der Waals surface area contributed by atoms with Crippen LogP contribution < -0.4 is 10.9 Å². The molecule has 0 radical (unpaired) electrons. The number of pyridine rings is 1. The molecule has 0 bridgehead atoms. The van der Waals surface area contributed by atoms with Gasteiger partial charge in [-0.2, -0.15) is 0 Å². The fraction of sp³-hybridized carbons (Fsp3) is 0.167. The molecule has 1 saturated heterocycles. The van der Waals surface area contributed by atoms with Gasteiger partial charge in [-0.25, -0.2) is 13.8 Å². The van der Waals surface area contributed by atoms with E-state index >= 15 is 0 Å². The number of anilines is 1. The standard InChI is InChI=1S/C30H26F2N4O2/c31-25-12-8-22(9-13-25)21-4-6-23(7-5-21)28(37)36-19-16-30(17-20-36,24-10-14-26(32)15-11-24)29(38)35-34-27-3-1-2-18-33-27/h1-15,18H,16-17,19-20H2,(H,33,34)(H,35,38). The van der Waals surface area contributed by atoms with Crippen LogP contribution in [0.25, 0.3) is 11.1 Å². The molecular formula is C30H26F2N4O2. The van der Waals surface area contributed by atoms with E-state index in [1.165, 1.54) is 24.3 Å². The number of rotatable bonds is 6. The molecular weight excluding hydrogens is 486 g/mol. The van der Waals surface area contributed by atoms with Crippen LogP contribution in [0.15, 0.2) is 97.2 Å². The molecule has 0 aliphatic carbocycles. The first-order valence-corrected chi connectivity index (χ1v) is 12.3. The Morgan fingerprint density at radius 3 is 1.92 bits per heavy atom. The number of nitrogens with one attached hydrogen (secondary N) is 2. The first-order valence-electron chi connectivity index (χ1n) is 12.3. The summed E-state index contributed by atoms with van der Waals surface area (Å²) < 4.78 is 26.9. The Labute approximate surface area is 219 Å². The predicted molar refractivity (Wildman–Crippen MR) is 141 cm³/mol. The lowest BCUT2D eigenvalue weighted by molar-refractivity contribution is -0.128. The van der Waals surface area contributed by atoms with E-state index in [1.807, 2.05) is 12.1 Å². The summed E-state index contributed by atoms with van der Waals surface area (Å²) >= 11 is 0. The molecule has 1 aliphatic rings. The van der Waals surface area contributed by atoms with Crippen LogP contribution >= 0.6 is 0 Å². The van der Waals surface area contributed by atoms with E-state index in [1.54, 1.807) is 65.7 Å². The maximum absolute atomic E-state index is 13.7. The molecule has 6 nitrogen and oxygen atoms in total. The lowest BCUT2D eigenvalue weighted by atomic mass is 9.72. The number of carbonyl (C=O) groups is 2. The second-order valence-corrected chi connectivity index (χ2v) is 9.26. The Kier molecular flexibility index (Phi) is 7.13. The van der Waals surface area contributed by atoms with Gasteiger partial charge in [-0.1, -0.05) is 42.5 Å². The zero-order valence-electron chi connectivity index (χ0n) is 20.5. The summed E-state index contributed by atoms with van der Waals surface area (Å²) in [5.41, 5.74) is 7.61. The smallest absolute Gasteiger partial charge is 0.253 e. The molecule has 0 atom stereocenters. The normalized spacial score (nSPS) is 14.5. The van der Waals surface area contributed by atoms with Gasteiger partial charge < -0.3 is 4.90 Å². The summed E-state index contributed by atoms with van der Waals surface area (Å²) in [5.74, 6) is -0.594. The number of piperidine rings is 1. The van der Waals surface area contributed by atoms with E-state index in [9.17, 15) is 18.4 Å². The minimum atomic E-state index is -0.946. The third-order valence-corrected chi connectivity index (χ3v) is 7.01. The maximum atomic E-state index is 13.7. The van der Waals surface area contributed by atoms with Crippen molar-refractivity contribution in [3.8, 4) is 11.1 Å². The molecule has 1 aromatic heterocycles. The van der Waals surface area contributed by atoms with Gasteiger partial charge in [-0.05, 0) is 78.1 Å². The van der Waals surface area contributed by atoms with E-state index in [0.717, 1.165) is 11.1 Å². The van der Waals surface area contributed by atoms with Gasteiger partial charge in [0.25, 0.3) is 5.91 Å². The summed E-state index contributed by atoms with van der Waals surface area (Å²) in [6.45, 7) is 0.708. The minimum Gasteiger partial charge on any atom is -0.339 e. The quantitative estimate of drug-likeness (QED) is 0.342. The number of aromatic nitrogens is 1. The van der Waals surface area contributed by atoms with Crippen LogP contribution in [0.1, 0.15) is 28.8 Å². The molecule has 5 rings (SSSR count). The van der Waals surface area contributed by atoms with Gasteiger partial charge in [-0.3, -0.25) is 20.4 Å². The molecule has 2 N–H and O–H groups in total. The molecule has 3 aromatic carbocycles. The van der Waals surface area contributed by atoms with Gasteiger partial charge in [-0.15, -0.1) is 0 Å². The molecule has 0 spiro atoms. The predicted octanol–water partition coefficient (Wildman–Crippen LogP) is 5.34. The first kappa shape index (κ1) is 25.1. The number of hydrazine groups is 1. The summed E-state index contributed by atoms with van der Waals surface area (Å²) in [6.07, 6.45) is 2.35. The van der Waals surface area contributed by atoms with Crippen LogP contribution in [-0.4, -0.2) is 34.8 Å². The highest BCUT2D eigenvalue weighted by Gasteiger charge is 2.44. The zero-order valence-corrected chi connectivity index (χ0v) is 20.5. The lowest BCUT2D eigenvalue weighted by Gasteiger charge is -2.41. The molecule has 38 heavy (non-hydrogen) atoms. The number of hydrogen-bond acceptors (Lipinski definition) is 4. The van der Waals surface area contributed by atoms with E-state index < -0.39 is 5.41 Å². The average Bonchev–Trinajstić information content (AvgIpc) is 2.97. The van der Waals surface area contributed by atoms with E-state index in [4.69, 9.17) is 0 Å². The third kappa shape index (κ3) is 5.25. The second kappa shape index (κ2) is 10.8. The van der Waals surface area contributed by atoms with Crippen molar-refractivity contribution >= 4 is 17.6 Å². The van der Waals surface area contributed by atoms with Crippen molar-refractivity contribution in [3.05, 3.63) is 120 Å². The number of amides is 2. The zero-order chi connectivity index (χ0) is 26.5. The SMILES string of the molecule is O=C(c1ccc(-c2ccc(F)cc2)cc1)N1CCC(C(=O)NNc2ccccn2)(c2ccc(F)cc2)CC1. The second-order valence-electron chi connectivity index (χ2n) is 9.26. The largest absolute Gasteiger partial charge is 0.339 e. The van der Waals surface area contributed by atoms with Crippen LogP contribution in [0.3, 0.4) is 0 Å². The summed E-state index contributed by atoms with van der Waals surface area (Å²) in [5, 5.41) is 0. The van der Waals surface area contributed by atoms with Crippen LogP contribution in [0, 0.1) is 11.6 Å². The van der Waals surface area contributed by atoms with Gasteiger partial charge in [0, 0.05) is 24.8 Å². The van der Waals surface area contributed by atoms with Gasteiger partial charge in [0.1, 0.15) is 17.5 Å². The van der Waals surface area contributed by atoms with Crippen molar-refractivity contribution in [2.24, 2.45) is 0 Å². The molecule has 1 fully saturated rings. The summed E-state index contributed by atoms with van der Waals surface area (Å²) in [6, 6.07) is 24.6.